The van der Waals surface area contributed by atoms with Crippen molar-refractivity contribution >= 4 is 27.6 Å². The molecule has 1 N–H and O–H groups in total. The molecule has 1 aliphatic rings. The molecule has 1 aliphatic heterocycles. The van der Waals surface area contributed by atoms with Crippen LogP contribution in [-0.2, 0) is 4.74 Å². The third kappa shape index (κ3) is 2.84. The molecule has 0 aromatic heterocycles. The third-order valence-corrected chi connectivity index (χ3v) is 3.62. The lowest BCUT2D eigenvalue weighted by Gasteiger charge is -2.37. The van der Waals surface area contributed by atoms with Crippen molar-refractivity contribution in [3.05, 3.63) is 28.2 Å². The zero-order valence-electron chi connectivity index (χ0n) is 10.4. The molecule has 0 spiro atoms. The highest BCUT2D eigenvalue weighted by molar-refractivity contribution is 9.10. The van der Waals surface area contributed by atoms with Crippen LogP contribution in [0.3, 0.4) is 0 Å². The number of ether oxygens (including phenoxy) is 1. The number of morpholine rings is 1. The van der Waals surface area contributed by atoms with Gasteiger partial charge in [-0.2, -0.15) is 0 Å². The van der Waals surface area contributed by atoms with E-state index < -0.39 is 5.97 Å². The topological polar surface area (TPSA) is 49.8 Å². The number of carbonyl (C=O) groups is 1. The van der Waals surface area contributed by atoms with Gasteiger partial charge in [-0.25, -0.2) is 4.79 Å². The maximum Gasteiger partial charge on any atom is 0.336 e. The first-order valence-corrected chi connectivity index (χ1v) is 6.70. The van der Waals surface area contributed by atoms with Gasteiger partial charge in [0.05, 0.1) is 17.8 Å². The molecular formula is C13H16BrNO3. The van der Waals surface area contributed by atoms with Gasteiger partial charge in [-0.3, -0.25) is 0 Å². The fourth-order valence-corrected chi connectivity index (χ4v) is 2.80. The molecule has 4 nitrogen and oxygen atoms in total. The summed E-state index contributed by atoms with van der Waals surface area (Å²) in [5.74, 6) is -0.919. The number of hydrogen-bond donors (Lipinski definition) is 1. The van der Waals surface area contributed by atoms with E-state index in [2.05, 4.69) is 20.8 Å². The smallest absolute Gasteiger partial charge is 0.336 e. The second-order valence-corrected chi connectivity index (χ2v) is 5.49. The average Bonchev–Trinajstić information content (AvgIpc) is 2.26. The lowest BCUT2D eigenvalue weighted by Crippen LogP contribution is -2.45. The molecule has 0 amide bonds. The van der Waals surface area contributed by atoms with Crippen LogP contribution in [0.25, 0.3) is 0 Å². The molecule has 2 rings (SSSR count). The van der Waals surface area contributed by atoms with Gasteiger partial charge in [0.2, 0.25) is 0 Å². The molecule has 0 aliphatic carbocycles. The Morgan fingerprint density at radius 1 is 1.39 bits per heavy atom. The van der Waals surface area contributed by atoms with E-state index in [1.54, 1.807) is 6.07 Å². The van der Waals surface area contributed by atoms with Crippen LogP contribution in [-0.4, -0.2) is 36.4 Å². The number of hydrogen-bond acceptors (Lipinski definition) is 3. The van der Waals surface area contributed by atoms with E-state index in [9.17, 15) is 4.79 Å². The molecule has 18 heavy (non-hydrogen) atoms. The van der Waals surface area contributed by atoms with E-state index >= 15 is 0 Å². The van der Waals surface area contributed by atoms with Gasteiger partial charge in [-0.05, 0) is 48.0 Å². The standard InChI is InChI=1S/C13H16BrNO3/c1-8-6-15(7-9(2)18-8)10-3-4-11(13(16)17)12(14)5-10/h3-5,8-9H,6-7H2,1-2H3,(H,16,17). The van der Waals surface area contributed by atoms with Crippen molar-refractivity contribution in [1.29, 1.82) is 0 Å². The molecule has 1 saturated heterocycles. The minimum Gasteiger partial charge on any atom is -0.478 e. The van der Waals surface area contributed by atoms with Crippen molar-refractivity contribution < 1.29 is 14.6 Å². The van der Waals surface area contributed by atoms with Crippen LogP contribution in [0.15, 0.2) is 22.7 Å². The van der Waals surface area contributed by atoms with Crippen molar-refractivity contribution in [2.45, 2.75) is 26.1 Å². The van der Waals surface area contributed by atoms with Gasteiger partial charge in [0.1, 0.15) is 0 Å². The molecule has 1 aromatic rings. The number of rotatable bonds is 2. The van der Waals surface area contributed by atoms with Gasteiger partial charge in [0.25, 0.3) is 0 Å². The van der Waals surface area contributed by atoms with Gasteiger partial charge >= 0.3 is 5.97 Å². The largest absolute Gasteiger partial charge is 0.478 e. The van der Waals surface area contributed by atoms with Crippen LogP contribution in [0.5, 0.6) is 0 Å². The molecule has 98 valence electrons. The molecule has 2 unspecified atom stereocenters. The minimum atomic E-state index is -0.919. The van der Waals surface area contributed by atoms with Crippen molar-refractivity contribution in [2.24, 2.45) is 0 Å². The van der Waals surface area contributed by atoms with Crippen molar-refractivity contribution in [2.75, 3.05) is 18.0 Å². The number of aromatic carboxylic acids is 1. The summed E-state index contributed by atoms with van der Waals surface area (Å²) >= 11 is 3.31. The molecule has 1 heterocycles. The first-order valence-electron chi connectivity index (χ1n) is 5.90. The lowest BCUT2D eigenvalue weighted by molar-refractivity contribution is -0.00522. The van der Waals surface area contributed by atoms with E-state index in [4.69, 9.17) is 9.84 Å². The zero-order valence-corrected chi connectivity index (χ0v) is 12.0. The van der Waals surface area contributed by atoms with Gasteiger partial charge in [0, 0.05) is 23.2 Å². The maximum absolute atomic E-state index is 10.9. The minimum absolute atomic E-state index is 0.187. The molecule has 0 bridgehead atoms. The number of benzene rings is 1. The molecule has 1 fully saturated rings. The number of halogens is 1. The summed E-state index contributed by atoms with van der Waals surface area (Å²) in [5, 5.41) is 8.99. The van der Waals surface area contributed by atoms with Crippen LogP contribution in [0.2, 0.25) is 0 Å². The first kappa shape index (κ1) is 13.4. The quantitative estimate of drug-likeness (QED) is 0.912. The van der Waals surface area contributed by atoms with E-state index in [-0.39, 0.29) is 17.8 Å². The second-order valence-electron chi connectivity index (χ2n) is 4.63. The molecule has 0 radical (unpaired) electrons. The van der Waals surface area contributed by atoms with Crippen LogP contribution >= 0.6 is 15.9 Å². The highest BCUT2D eigenvalue weighted by Gasteiger charge is 2.23. The van der Waals surface area contributed by atoms with Gasteiger partial charge in [0.15, 0.2) is 0 Å². The fraction of sp³-hybridized carbons (Fsp3) is 0.462. The molecule has 1 aromatic carbocycles. The SMILES string of the molecule is CC1CN(c2ccc(C(=O)O)c(Br)c2)CC(C)O1. The Labute approximate surface area is 115 Å². The van der Waals surface area contributed by atoms with Crippen molar-refractivity contribution in [1.82, 2.24) is 0 Å². The summed E-state index contributed by atoms with van der Waals surface area (Å²) in [6, 6.07) is 5.33. The van der Waals surface area contributed by atoms with E-state index in [1.165, 1.54) is 0 Å². The van der Waals surface area contributed by atoms with Crippen LogP contribution in [0, 0.1) is 0 Å². The lowest BCUT2D eigenvalue weighted by atomic mass is 10.1. The Hall–Kier alpha value is -1.07. The Bertz CT molecular complexity index is 454. The Morgan fingerprint density at radius 2 is 2.00 bits per heavy atom. The Kier molecular flexibility index (Phi) is 3.92. The summed E-state index contributed by atoms with van der Waals surface area (Å²) in [6.07, 6.45) is 0.373. The average molecular weight is 314 g/mol. The molecule has 5 heteroatoms. The van der Waals surface area contributed by atoms with Crippen molar-refractivity contribution in [3.63, 3.8) is 0 Å². The highest BCUT2D eigenvalue weighted by atomic mass is 79.9. The fourth-order valence-electron chi connectivity index (χ4n) is 2.26. The van der Waals surface area contributed by atoms with E-state index in [0.717, 1.165) is 18.8 Å². The van der Waals surface area contributed by atoms with Gasteiger partial charge < -0.3 is 14.7 Å². The summed E-state index contributed by atoms with van der Waals surface area (Å²) in [6.45, 7) is 5.74. The van der Waals surface area contributed by atoms with Crippen LogP contribution in [0.1, 0.15) is 24.2 Å². The second kappa shape index (κ2) is 5.28. The van der Waals surface area contributed by atoms with Gasteiger partial charge in [-0.15, -0.1) is 0 Å². The summed E-state index contributed by atoms with van der Waals surface area (Å²) < 4.78 is 6.29. The Morgan fingerprint density at radius 3 is 2.50 bits per heavy atom. The zero-order chi connectivity index (χ0) is 13.3. The van der Waals surface area contributed by atoms with Gasteiger partial charge in [-0.1, -0.05) is 0 Å². The maximum atomic E-state index is 10.9. The highest BCUT2D eigenvalue weighted by Crippen LogP contribution is 2.26. The molecular weight excluding hydrogens is 298 g/mol. The summed E-state index contributed by atoms with van der Waals surface area (Å²) in [4.78, 5) is 13.2. The number of carboxylic acids is 1. The van der Waals surface area contributed by atoms with Crippen LogP contribution in [0.4, 0.5) is 5.69 Å². The number of anilines is 1. The normalized spacial score (nSPS) is 24.1. The number of nitrogens with zero attached hydrogens (tertiary/aromatic N) is 1. The Balaban J connectivity index is 2.23. The molecule has 2 atom stereocenters. The number of carboxylic acid groups (broad SMARTS) is 1. The predicted octanol–water partition coefficient (Wildman–Crippen LogP) is 2.76. The van der Waals surface area contributed by atoms with E-state index in [0.29, 0.717) is 4.47 Å². The first-order chi connectivity index (χ1) is 8.47. The monoisotopic (exact) mass is 313 g/mol. The molecule has 0 saturated carbocycles. The summed E-state index contributed by atoms with van der Waals surface area (Å²) in [7, 11) is 0. The third-order valence-electron chi connectivity index (χ3n) is 2.97. The predicted molar refractivity (Wildman–Crippen MR) is 73.3 cm³/mol. The van der Waals surface area contributed by atoms with Crippen molar-refractivity contribution in [3.8, 4) is 0 Å². The summed E-state index contributed by atoms with van der Waals surface area (Å²) in [5.41, 5.74) is 1.31. The van der Waals surface area contributed by atoms with E-state index in [1.807, 2.05) is 26.0 Å². The van der Waals surface area contributed by atoms with Crippen LogP contribution < -0.4 is 4.90 Å².